The number of amides is 1. The second-order valence-corrected chi connectivity index (χ2v) is 8.15. The van der Waals surface area contributed by atoms with Gasteiger partial charge in [0.25, 0.3) is 5.91 Å². The molecule has 3 rings (SSSR count). The minimum absolute atomic E-state index is 0.0254. The summed E-state index contributed by atoms with van der Waals surface area (Å²) in [5.41, 5.74) is 4.47. The topological polar surface area (TPSA) is 71.3 Å². The van der Waals surface area contributed by atoms with Crippen molar-refractivity contribution in [1.29, 1.82) is 5.26 Å². The van der Waals surface area contributed by atoms with Gasteiger partial charge in [0, 0.05) is 10.2 Å². The maximum atomic E-state index is 12.6. The normalized spacial score (nSPS) is 10.9. The highest BCUT2D eigenvalue weighted by molar-refractivity contribution is 9.10. The molecule has 0 aliphatic rings. The van der Waals surface area contributed by atoms with Gasteiger partial charge < -0.3 is 14.8 Å². The van der Waals surface area contributed by atoms with Crippen LogP contribution >= 0.6 is 15.9 Å². The van der Waals surface area contributed by atoms with E-state index in [9.17, 15) is 10.1 Å². The summed E-state index contributed by atoms with van der Waals surface area (Å²) in [7, 11) is 1.55. The number of nitriles is 1. The van der Waals surface area contributed by atoms with E-state index in [1.165, 1.54) is 11.6 Å². The zero-order valence-electron chi connectivity index (χ0n) is 18.1. The summed E-state index contributed by atoms with van der Waals surface area (Å²) in [4.78, 5) is 12.6. The van der Waals surface area contributed by atoms with Crippen LogP contribution in [0.5, 0.6) is 11.5 Å². The average molecular weight is 491 g/mol. The third kappa shape index (κ3) is 5.99. The molecule has 0 fully saturated rings. The Kier molecular flexibility index (Phi) is 7.69. The number of carbonyl (C=O) groups excluding carboxylic acids is 1. The van der Waals surface area contributed by atoms with Crippen molar-refractivity contribution in [2.24, 2.45) is 0 Å². The summed E-state index contributed by atoms with van der Waals surface area (Å²) in [6.07, 6.45) is 1.52. The lowest BCUT2D eigenvalue weighted by Crippen LogP contribution is -2.13. The Morgan fingerprint density at radius 2 is 1.81 bits per heavy atom. The molecule has 0 aromatic heterocycles. The number of hydrogen-bond acceptors (Lipinski definition) is 4. The van der Waals surface area contributed by atoms with E-state index in [0.29, 0.717) is 33.8 Å². The molecule has 1 amide bonds. The van der Waals surface area contributed by atoms with Crippen LogP contribution in [-0.2, 0) is 11.4 Å². The second-order valence-electron chi connectivity index (χ2n) is 7.29. The standard InChI is InChI=1S/C26H23BrN2O3/c1-17-7-9-19(10-8-17)16-32-25-14-23(27)20(13-24(25)31-3)12-21(15-28)26(30)29-22-6-4-5-18(2)11-22/h4-14H,16H2,1-3H3,(H,29,30). The minimum atomic E-state index is -0.483. The molecule has 0 saturated heterocycles. The van der Waals surface area contributed by atoms with Gasteiger partial charge in [-0.3, -0.25) is 4.79 Å². The number of benzene rings is 3. The van der Waals surface area contributed by atoms with Crippen LogP contribution in [0.3, 0.4) is 0 Å². The highest BCUT2D eigenvalue weighted by atomic mass is 79.9. The molecule has 0 aliphatic carbocycles. The van der Waals surface area contributed by atoms with Crippen LogP contribution in [0.2, 0.25) is 0 Å². The summed E-state index contributed by atoms with van der Waals surface area (Å²) in [5, 5.41) is 12.3. The molecular weight excluding hydrogens is 468 g/mol. The van der Waals surface area contributed by atoms with Crippen molar-refractivity contribution in [1.82, 2.24) is 0 Å². The predicted octanol–water partition coefficient (Wildman–Crippen LogP) is 6.20. The van der Waals surface area contributed by atoms with Crippen molar-refractivity contribution >= 4 is 33.6 Å². The number of methoxy groups -OCH3 is 1. The van der Waals surface area contributed by atoms with Crippen molar-refractivity contribution in [3.05, 3.63) is 93.0 Å². The number of carbonyl (C=O) groups is 1. The first-order chi connectivity index (χ1) is 15.4. The Morgan fingerprint density at radius 1 is 1.06 bits per heavy atom. The van der Waals surface area contributed by atoms with Gasteiger partial charge in [-0.05, 0) is 60.9 Å². The molecule has 0 spiro atoms. The van der Waals surface area contributed by atoms with Crippen LogP contribution in [0.25, 0.3) is 6.08 Å². The van der Waals surface area contributed by atoms with E-state index in [0.717, 1.165) is 11.1 Å². The number of hydrogen-bond donors (Lipinski definition) is 1. The molecule has 5 nitrogen and oxygen atoms in total. The van der Waals surface area contributed by atoms with E-state index >= 15 is 0 Å². The van der Waals surface area contributed by atoms with Gasteiger partial charge in [-0.15, -0.1) is 0 Å². The van der Waals surface area contributed by atoms with Gasteiger partial charge in [0.05, 0.1) is 7.11 Å². The van der Waals surface area contributed by atoms with E-state index in [4.69, 9.17) is 9.47 Å². The highest BCUT2D eigenvalue weighted by Gasteiger charge is 2.14. The third-order valence-electron chi connectivity index (χ3n) is 4.74. The number of halogens is 1. The summed E-state index contributed by atoms with van der Waals surface area (Å²) in [5.74, 6) is 0.575. The van der Waals surface area contributed by atoms with Gasteiger partial charge in [-0.2, -0.15) is 5.26 Å². The van der Waals surface area contributed by atoms with Crippen LogP contribution in [-0.4, -0.2) is 13.0 Å². The lowest BCUT2D eigenvalue weighted by atomic mass is 10.1. The number of anilines is 1. The minimum Gasteiger partial charge on any atom is -0.493 e. The predicted molar refractivity (Wildman–Crippen MR) is 130 cm³/mol. The first-order valence-corrected chi connectivity index (χ1v) is 10.7. The van der Waals surface area contributed by atoms with Crippen LogP contribution < -0.4 is 14.8 Å². The second kappa shape index (κ2) is 10.7. The van der Waals surface area contributed by atoms with E-state index in [1.54, 1.807) is 25.3 Å². The number of nitrogens with one attached hydrogen (secondary N) is 1. The molecule has 32 heavy (non-hydrogen) atoms. The molecule has 0 heterocycles. The van der Waals surface area contributed by atoms with Crippen LogP contribution in [0.4, 0.5) is 5.69 Å². The molecule has 0 unspecified atom stereocenters. The molecule has 3 aromatic carbocycles. The summed E-state index contributed by atoms with van der Waals surface area (Å²) >= 11 is 3.51. The van der Waals surface area contributed by atoms with Crippen LogP contribution in [0.1, 0.15) is 22.3 Å². The fraction of sp³-hybridized carbons (Fsp3) is 0.154. The molecule has 0 atom stereocenters. The maximum Gasteiger partial charge on any atom is 0.266 e. The Labute approximate surface area is 196 Å². The smallest absolute Gasteiger partial charge is 0.266 e. The molecule has 0 aliphatic heterocycles. The Bertz CT molecular complexity index is 1190. The maximum absolute atomic E-state index is 12.6. The van der Waals surface area contributed by atoms with Crippen molar-refractivity contribution in [2.75, 3.05) is 12.4 Å². The number of aryl methyl sites for hydroxylation is 2. The number of rotatable bonds is 7. The van der Waals surface area contributed by atoms with E-state index in [2.05, 4.69) is 21.2 Å². The highest BCUT2D eigenvalue weighted by Crippen LogP contribution is 2.35. The van der Waals surface area contributed by atoms with Crippen molar-refractivity contribution in [3.63, 3.8) is 0 Å². The molecular formula is C26H23BrN2O3. The largest absolute Gasteiger partial charge is 0.493 e. The zero-order valence-corrected chi connectivity index (χ0v) is 19.7. The van der Waals surface area contributed by atoms with Gasteiger partial charge >= 0.3 is 0 Å². The van der Waals surface area contributed by atoms with Gasteiger partial charge in [0.1, 0.15) is 18.2 Å². The van der Waals surface area contributed by atoms with Crippen molar-refractivity contribution in [2.45, 2.75) is 20.5 Å². The quantitative estimate of drug-likeness (QED) is 0.316. The Balaban J connectivity index is 1.81. The molecule has 0 saturated carbocycles. The molecule has 1 N–H and O–H groups in total. The van der Waals surface area contributed by atoms with E-state index < -0.39 is 5.91 Å². The first-order valence-electron chi connectivity index (χ1n) is 9.95. The van der Waals surface area contributed by atoms with Crippen molar-refractivity contribution < 1.29 is 14.3 Å². The molecule has 162 valence electrons. The third-order valence-corrected chi connectivity index (χ3v) is 5.43. The van der Waals surface area contributed by atoms with Crippen LogP contribution in [0, 0.1) is 25.2 Å². The average Bonchev–Trinajstić information content (AvgIpc) is 2.78. The van der Waals surface area contributed by atoms with Gasteiger partial charge in [-0.1, -0.05) is 57.9 Å². The van der Waals surface area contributed by atoms with Gasteiger partial charge in [0.15, 0.2) is 11.5 Å². The summed E-state index contributed by atoms with van der Waals surface area (Å²) in [6, 6.07) is 21.0. The lowest BCUT2D eigenvalue weighted by Gasteiger charge is -2.13. The monoisotopic (exact) mass is 490 g/mol. The molecule has 3 aromatic rings. The zero-order chi connectivity index (χ0) is 23.1. The molecule has 6 heteroatoms. The van der Waals surface area contributed by atoms with Gasteiger partial charge in [0.2, 0.25) is 0 Å². The van der Waals surface area contributed by atoms with Crippen molar-refractivity contribution in [3.8, 4) is 17.6 Å². The van der Waals surface area contributed by atoms with Gasteiger partial charge in [-0.25, -0.2) is 0 Å². The summed E-state index contributed by atoms with van der Waals surface area (Å²) in [6.45, 7) is 4.36. The van der Waals surface area contributed by atoms with Crippen LogP contribution in [0.15, 0.2) is 70.7 Å². The SMILES string of the molecule is COc1cc(C=C(C#N)C(=O)Nc2cccc(C)c2)c(Br)cc1OCc1ccc(C)cc1. The Hall–Kier alpha value is -3.56. The Morgan fingerprint density at radius 3 is 2.47 bits per heavy atom. The number of nitrogens with zero attached hydrogens (tertiary/aromatic N) is 1. The van der Waals surface area contributed by atoms with E-state index in [-0.39, 0.29) is 5.57 Å². The fourth-order valence-corrected chi connectivity index (χ4v) is 3.44. The fourth-order valence-electron chi connectivity index (χ4n) is 3.00. The first kappa shape index (κ1) is 23.1. The van der Waals surface area contributed by atoms with E-state index in [1.807, 2.05) is 62.4 Å². The molecule has 0 bridgehead atoms. The molecule has 0 radical (unpaired) electrons. The summed E-state index contributed by atoms with van der Waals surface area (Å²) < 4.78 is 12.1. The number of ether oxygens (including phenoxy) is 2. The lowest BCUT2D eigenvalue weighted by molar-refractivity contribution is -0.112.